The fourth-order valence-corrected chi connectivity index (χ4v) is 3.07. The van der Waals surface area contributed by atoms with Gasteiger partial charge in [0.25, 0.3) is 0 Å². The zero-order valence-corrected chi connectivity index (χ0v) is 16.3. The van der Waals surface area contributed by atoms with E-state index in [4.69, 9.17) is 5.73 Å². The maximum absolute atomic E-state index is 12.2. The smallest absolute Gasteiger partial charge is 0.224 e. The van der Waals surface area contributed by atoms with Gasteiger partial charge in [0.1, 0.15) is 0 Å². The Bertz CT molecular complexity index is 607. The zero-order valence-electron chi connectivity index (χ0n) is 13.9. The summed E-state index contributed by atoms with van der Waals surface area (Å²) in [6.45, 7) is 4.58. The Balaban J connectivity index is 0.00000264. The Kier molecular flexibility index (Phi) is 10.9. The van der Waals surface area contributed by atoms with Gasteiger partial charge in [-0.05, 0) is 12.0 Å². The number of thiazole rings is 1. The average molecular weight is 390 g/mol. The van der Waals surface area contributed by atoms with Crippen LogP contribution in [0.1, 0.15) is 35.3 Å². The van der Waals surface area contributed by atoms with E-state index in [-0.39, 0.29) is 42.7 Å². The van der Waals surface area contributed by atoms with Crippen LogP contribution < -0.4 is 11.1 Å². The van der Waals surface area contributed by atoms with Gasteiger partial charge in [-0.3, -0.25) is 4.79 Å². The summed E-state index contributed by atoms with van der Waals surface area (Å²) in [5, 5.41) is 4.02. The highest BCUT2D eigenvalue weighted by molar-refractivity contribution is 7.11. The number of aromatic nitrogens is 1. The van der Waals surface area contributed by atoms with Crippen molar-refractivity contribution < 1.29 is 4.79 Å². The molecule has 1 amide bonds. The van der Waals surface area contributed by atoms with Crippen LogP contribution in [0.4, 0.5) is 0 Å². The van der Waals surface area contributed by atoms with E-state index in [2.05, 4.69) is 17.2 Å². The summed E-state index contributed by atoms with van der Waals surface area (Å²) in [7, 11) is 0. The molecular formula is C17H25Cl2N3OS. The molecule has 0 radical (unpaired) electrons. The minimum absolute atomic E-state index is 0. The van der Waals surface area contributed by atoms with Gasteiger partial charge >= 0.3 is 0 Å². The first-order valence-corrected chi connectivity index (χ1v) is 8.45. The van der Waals surface area contributed by atoms with Crippen molar-refractivity contribution >= 4 is 42.1 Å². The fourth-order valence-electron chi connectivity index (χ4n) is 2.21. The van der Waals surface area contributed by atoms with Crippen molar-refractivity contribution in [2.45, 2.75) is 32.7 Å². The number of nitrogens with two attached hydrogens (primary N) is 1. The van der Waals surface area contributed by atoms with Crippen molar-refractivity contribution in [1.29, 1.82) is 0 Å². The van der Waals surface area contributed by atoms with E-state index in [9.17, 15) is 4.79 Å². The van der Waals surface area contributed by atoms with Gasteiger partial charge in [0.15, 0.2) is 0 Å². The van der Waals surface area contributed by atoms with E-state index in [0.29, 0.717) is 6.54 Å². The molecule has 4 nitrogen and oxygen atoms in total. The number of aryl methyl sites for hydroxylation is 1. The summed E-state index contributed by atoms with van der Waals surface area (Å²) >= 11 is 1.71. The lowest BCUT2D eigenvalue weighted by Crippen LogP contribution is -2.36. The number of carbonyl (C=O) groups excluding carboxylic acids is 1. The largest absolute Gasteiger partial charge is 0.355 e. The van der Waals surface area contributed by atoms with Crippen LogP contribution in [0.2, 0.25) is 0 Å². The molecule has 0 saturated heterocycles. The number of amides is 1. The number of nitrogens with one attached hydrogen (secondary N) is 1. The Morgan fingerprint density at radius 3 is 2.54 bits per heavy atom. The number of hydrogen-bond acceptors (Lipinski definition) is 4. The Labute approximate surface area is 160 Å². The van der Waals surface area contributed by atoms with E-state index in [1.54, 1.807) is 11.3 Å². The number of benzene rings is 1. The van der Waals surface area contributed by atoms with Crippen molar-refractivity contribution in [2.24, 2.45) is 11.7 Å². The molecule has 24 heavy (non-hydrogen) atoms. The third kappa shape index (κ3) is 6.40. The maximum atomic E-state index is 12.2. The Hall–Kier alpha value is -1.14. The summed E-state index contributed by atoms with van der Waals surface area (Å²) in [5.41, 5.74) is 7.16. The first kappa shape index (κ1) is 22.9. The first-order chi connectivity index (χ1) is 10.6. The third-order valence-corrected chi connectivity index (χ3v) is 4.93. The standard InChI is InChI=1S/C17H23N3OS.2ClH/c1-3-14-11-20-15(22-14)9-10-19-17(21)12(2)16(18)13-7-5-4-6-8-13;;/h4-8,11-12,16H,3,9-10,18H2,1-2H3,(H,19,21);2*1H. The second-order valence-electron chi connectivity index (χ2n) is 5.34. The van der Waals surface area contributed by atoms with Gasteiger partial charge in [0.05, 0.1) is 10.9 Å². The topological polar surface area (TPSA) is 68.0 Å². The summed E-state index contributed by atoms with van der Waals surface area (Å²) in [5.74, 6) is -0.270. The van der Waals surface area contributed by atoms with Gasteiger partial charge in [-0.2, -0.15) is 0 Å². The van der Waals surface area contributed by atoms with Gasteiger partial charge < -0.3 is 11.1 Å². The molecule has 2 aromatic rings. The SMILES string of the molecule is CCc1cnc(CCNC(=O)C(C)C(N)c2ccccc2)s1.Cl.Cl. The van der Waals surface area contributed by atoms with Gasteiger partial charge in [-0.1, -0.05) is 44.2 Å². The monoisotopic (exact) mass is 389 g/mol. The second-order valence-corrected chi connectivity index (χ2v) is 6.54. The van der Waals surface area contributed by atoms with E-state index >= 15 is 0 Å². The van der Waals surface area contributed by atoms with Gasteiger partial charge in [-0.15, -0.1) is 36.2 Å². The second kappa shape index (κ2) is 11.4. The minimum atomic E-state index is -0.284. The maximum Gasteiger partial charge on any atom is 0.224 e. The molecule has 0 aliphatic heterocycles. The predicted octanol–water partition coefficient (Wildman–Crippen LogP) is 3.54. The molecular weight excluding hydrogens is 365 g/mol. The van der Waals surface area contributed by atoms with Crippen LogP contribution in [0.25, 0.3) is 0 Å². The van der Waals surface area contributed by atoms with E-state index < -0.39 is 0 Å². The molecule has 7 heteroatoms. The van der Waals surface area contributed by atoms with E-state index in [1.165, 1.54) is 4.88 Å². The molecule has 2 unspecified atom stereocenters. The van der Waals surface area contributed by atoms with Crippen molar-refractivity contribution in [2.75, 3.05) is 6.54 Å². The molecule has 1 aromatic carbocycles. The van der Waals surface area contributed by atoms with Gasteiger partial charge in [0.2, 0.25) is 5.91 Å². The third-order valence-electron chi connectivity index (χ3n) is 3.72. The number of carbonyl (C=O) groups is 1. The number of halogens is 2. The molecule has 0 aliphatic rings. The van der Waals surface area contributed by atoms with E-state index in [1.807, 2.05) is 43.5 Å². The lowest BCUT2D eigenvalue weighted by molar-refractivity contribution is -0.125. The fraction of sp³-hybridized carbons (Fsp3) is 0.412. The highest BCUT2D eigenvalue weighted by Gasteiger charge is 2.21. The summed E-state index contributed by atoms with van der Waals surface area (Å²) < 4.78 is 0. The summed E-state index contributed by atoms with van der Waals surface area (Å²) in [6, 6.07) is 9.44. The predicted molar refractivity (Wildman–Crippen MR) is 105 cm³/mol. The van der Waals surface area contributed by atoms with Crippen molar-refractivity contribution in [3.05, 3.63) is 52.0 Å². The van der Waals surface area contributed by atoms with Crippen LogP contribution in [-0.2, 0) is 17.6 Å². The molecule has 1 heterocycles. The number of rotatable bonds is 7. The molecule has 2 atom stereocenters. The van der Waals surface area contributed by atoms with Crippen molar-refractivity contribution in [3.8, 4) is 0 Å². The molecule has 0 bridgehead atoms. The molecule has 3 N–H and O–H groups in total. The highest BCUT2D eigenvalue weighted by atomic mass is 35.5. The van der Waals surface area contributed by atoms with Crippen LogP contribution in [0.15, 0.2) is 36.5 Å². The van der Waals surface area contributed by atoms with Crippen molar-refractivity contribution in [1.82, 2.24) is 10.3 Å². The first-order valence-electron chi connectivity index (χ1n) is 7.63. The summed E-state index contributed by atoms with van der Waals surface area (Å²) in [4.78, 5) is 17.8. The highest BCUT2D eigenvalue weighted by Crippen LogP contribution is 2.19. The van der Waals surface area contributed by atoms with Crippen LogP contribution >= 0.6 is 36.2 Å². The average Bonchev–Trinajstić information content (AvgIpc) is 3.02. The zero-order chi connectivity index (χ0) is 15.9. The summed E-state index contributed by atoms with van der Waals surface area (Å²) in [6.07, 6.45) is 3.69. The Morgan fingerprint density at radius 1 is 1.29 bits per heavy atom. The molecule has 0 aliphatic carbocycles. The minimum Gasteiger partial charge on any atom is -0.355 e. The number of hydrogen-bond donors (Lipinski definition) is 2. The molecule has 0 spiro atoms. The van der Waals surface area contributed by atoms with Crippen LogP contribution in [0, 0.1) is 5.92 Å². The molecule has 2 rings (SSSR count). The molecule has 1 aromatic heterocycles. The van der Waals surface area contributed by atoms with Crippen LogP contribution in [0.3, 0.4) is 0 Å². The van der Waals surface area contributed by atoms with E-state index in [0.717, 1.165) is 23.4 Å². The van der Waals surface area contributed by atoms with Crippen LogP contribution in [0.5, 0.6) is 0 Å². The molecule has 134 valence electrons. The molecule has 0 saturated carbocycles. The van der Waals surface area contributed by atoms with Crippen molar-refractivity contribution in [3.63, 3.8) is 0 Å². The van der Waals surface area contributed by atoms with Crippen LogP contribution in [-0.4, -0.2) is 17.4 Å². The quantitative estimate of drug-likeness (QED) is 0.760. The number of nitrogens with zero attached hydrogens (tertiary/aromatic N) is 1. The lowest BCUT2D eigenvalue weighted by Gasteiger charge is -2.19. The Morgan fingerprint density at radius 2 is 1.96 bits per heavy atom. The lowest BCUT2D eigenvalue weighted by atomic mass is 9.95. The van der Waals surface area contributed by atoms with Gasteiger partial charge in [0, 0.05) is 30.1 Å². The molecule has 0 fully saturated rings. The van der Waals surface area contributed by atoms with Gasteiger partial charge in [-0.25, -0.2) is 4.98 Å². The normalized spacial score (nSPS) is 12.5.